The Bertz CT molecular complexity index is 352. The summed E-state index contributed by atoms with van der Waals surface area (Å²) in [5, 5.41) is 0. The molecule has 0 saturated carbocycles. The Kier molecular flexibility index (Phi) is 3.97. The first kappa shape index (κ1) is 11.9. The molecular weight excluding hydrogens is 212 g/mol. The summed E-state index contributed by atoms with van der Waals surface area (Å²) in [6.45, 7) is 1.98. The van der Waals surface area contributed by atoms with Crippen molar-refractivity contribution >= 4 is 23.3 Å². The zero-order chi connectivity index (χ0) is 11.4. The van der Waals surface area contributed by atoms with Crippen LogP contribution in [0.25, 0.3) is 0 Å². The lowest BCUT2D eigenvalue weighted by Crippen LogP contribution is -2.38. The molecule has 0 aliphatic rings. The number of hydrogen-bond acceptors (Lipinski definition) is 1. The lowest BCUT2D eigenvalue weighted by Gasteiger charge is -2.24. The van der Waals surface area contributed by atoms with E-state index in [4.69, 9.17) is 11.6 Å². The van der Waals surface area contributed by atoms with Crippen LogP contribution in [-0.4, -0.2) is 31.0 Å². The molecule has 0 spiro atoms. The van der Waals surface area contributed by atoms with E-state index in [-0.39, 0.29) is 12.0 Å². The summed E-state index contributed by atoms with van der Waals surface area (Å²) in [6, 6.07) is 7.74. The van der Waals surface area contributed by atoms with Crippen LogP contribution in [0, 0.1) is 6.92 Å². The summed E-state index contributed by atoms with van der Waals surface area (Å²) in [7, 11) is 3.41. The number of halogens is 1. The highest BCUT2D eigenvalue weighted by molar-refractivity contribution is 6.21. The van der Waals surface area contributed by atoms with Gasteiger partial charge in [0.1, 0.15) is 6.00 Å². The van der Waals surface area contributed by atoms with Crippen LogP contribution < -0.4 is 4.90 Å². The topological polar surface area (TPSA) is 23.6 Å². The van der Waals surface area contributed by atoms with Crippen molar-refractivity contribution in [3.05, 3.63) is 29.8 Å². The number of amides is 2. The van der Waals surface area contributed by atoms with Gasteiger partial charge in [-0.3, -0.25) is 4.90 Å². The van der Waals surface area contributed by atoms with Gasteiger partial charge < -0.3 is 4.90 Å². The number of carbonyl (C=O) groups is 1. The first-order chi connectivity index (χ1) is 7.06. The fraction of sp³-hybridized carbons (Fsp3) is 0.364. The van der Waals surface area contributed by atoms with Crippen molar-refractivity contribution in [1.82, 2.24) is 4.90 Å². The predicted octanol–water partition coefficient (Wildman–Crippen LogP) is 2.68. The molecular formula is C11H15ClN2O. The zero-order valence-electron chi connectivity index (χ0n) is 9.20. The number of carbonyl (C=O) groups excluding carboxylic acids is 1. The van der Waals surface area contributed by atoms with Crippen LogP contribution in [-0.2, 0) is 0 Å². The maximum Gasteiger partial charge on any atom is 0.325 e. The van der Waals surface area contributed by atoms with Gasteiger partial charge in [0, 0.05) is 19.8 Å². The maximum atomic E-state index is 11.8. The monoisotopic (exact) mass is 226 g/mol. The van der Waals surface area contributed by atoms with E-state index in [1.54, 1.807) is 14.1 Å². The number of urea groups is 1. The van der Waals surface area contributed by atoms with Crippen molar-refractivity contribution in [2.24, 2.45) is 0 Å². The number of alkyl halides is 1. The SMILES string of the molecule is Cc1cccc(N(CCl)C(=O)N(C)C)c1. The van der Waals surface area contributed by atoms with E-state index in [0.29, 0.717) is 0 Å². The summed E-state index contributed by atoms with van der Waals surface area (Å²) < 4.78 is 0. The molecule has 0 aliphatic carbocycles. The number of nitrogens with zero attached hydrogens (tertiary/aromatic N) is 2. The van der Waals surface area contributed by atoms with E-state index in [0.717, 1.165) is 11.3 Å². The lowest BCUT2D eigenvalue weighted by atomic mass is 10.2. The lowest BCUT2D eigenvalue weighted by molar-refractivity contribution is 0.225. The van der Waals surface area contributed by atoms with E-state index in [1.807, 2.05) is 31.2 Å². The maximum absolute atomic E-state index is 11.8. The molecule has 0 bridgehead atoms. The van der Waals surface area contributed by atoms with Crippen LogP contribution in [0.1, 0.15) is 5.56 Å². The normalized spacial score (nSPS) is 9.87. The summed E-state index contributed by atoms with van der Waals surface area (Å²) in [5.74, 6) is 0. The predicted molar refractivity (Wildman–Crippen MR) is 63.5 cm³/mol. The highest BCUT2D eigenvalue weighted by Crippen LogP contribution is 2.17. The number of aryl methyl sites for hydroxylation is 1. The number of rotatable bonds is 2. The Balaban J connectivity index is 2.97. The van der Waals surface area contributed by atoms with E-state index in [2.05, 4.69) is 0 Å². The Morgan fingerprint density at radius 3 is 2.53 bits per heavy atom. The molecule has 0 saturated heterocycles. The van der Waals surface area contributed by atoms with Gasteiger partial charge in [0.25, 0.3) is 0 Å². The van der Waals surface area contributed by atoms with E-state index < -0.39 is 0 Å². The second-order valence-corrected chi connectivity index (χ2v) is 3.80. The second kappa shape index (κ2) is 5.03. The minimum Gasteiger partial charge on any atom is -0.330 e. The highest BCUT2D eigenvalue weighted by atomic mass is 35.5. The van der Waals surface area contributed by atoms with Gasteiger partial charge in [0.2, 0.25) is 0 Å². The molecule has 0 atom stereocenters. The quantitative estimate of drug-likeness (QED) is 0.562. The summed E-state index contributed by atoms with van der Waals surface area (Å²) in [6.07, 6.45) is 0. The van der Waals surface area contributed by atoms with Crippen LogP contribution in [0.5, 0.6) is 0 Å². The number of anilines is 1. The third-order valence-corrected chi connectivity index (χ3v) is 2.29. The molecule has 0 heterocycles. The Morgan fingerprint density at radius 1 is 1.40 bits per heavy atom. The molecule has 0 aromatic heterocycles. The average Bonchev–Trinajstić information content (AvgIpc) is 2.18. The zero-order valence-corrected chi connectivity index (χ0v) is 9.95. The molecule has 1 aromatic carbocycles. The first-order valence-corrected chi connectivity index (χ1v) is 5.21. The molecule has 0 unspecified atom stereocenters. The van der Waals surface area contributed by atoms with Crippen molar-refractivity contribution in [3.8, 4) is 0 Å². The third kappa shape index (κ3) is 2.86. The highest BCUT2D eigenvalue weighted by Gasteiger charge is 2.15. The molecule has 82 valence electrons. The molecule has 15 heavy (non-hydrogen) atoms. The van der Waals surface area contributed by atoms with Gasteiger partial charge >= 0.3 is 6.03 Å². The van der Waals surface area contributed by atoms with Crippen LogP contribution in [0.4, 0.5) is 10.5 Å². The van der Waals surface area contributed by atoms with Crippen molar-refractivity contribution in [3.63, 3.8) is 0 Å². The smallest absolute Gasteiger partial charge is 0.325 e. The molecule has 4 heteroatoms. The van der Waals surface area contributed by atoms with Crippen LogP contribution in [0.2, 0.25) is 0 Å². The van der Waals surface area contributed by atoms with Gasteiger partial charge in [-0.25, -0.2) is 4.79 Å². The molecule has 3 nitrogen and oxygen atoms in total. The van der Waals surface area contributed by atoms with Gasteiger partial charge in [-0.1, -0.05) is 12.1 Å². The standard InChI is InChI=1S/C11H15ClN2O/c1-9-5-4-6-10(7-9)14(8-12)11(15)13(2)3/h4-7H,8H2,1-3H3. The fourth-order valence-corrected chi connectivity index (χ4v) is 1.51. The van der Waals surface area contributed by atoms with Crippen molar-refractivity contribution in [2.75, 3.05) is 25.0 Å². The molecule has 0 aliphatic heterocycles. The summed E-state index contributed by atoms with van der Waals surface area (Å²) in [4.78, 5) is 14.8. The molecule has 2 amide bonds. The number of benzene rings is 1. The van der Waals surface area contributed by atoms with E-state index in [9.17, 15) is 4.79 Å². The van der Waals surface area contributed by atoms with Crippen molar-refractivity contribution < 1.29 is 4.79 Å². The van der Waals surface area contributed by atoms with Crippen molar-refractivity contribution in [2.45, 2.75) is 6.92 Å². The minimum absolute atomic E-state index is 0.115. The minimum atomic E-state index is -0.115. The Labute approximate surface area is 95.2 Å². The van der Waals surface area contributed by atoms with Gasteiger partial charge in [-0.15, -0.1) is 11.6 Å². The first-order valence-electron chi connectivity index (χ1n) is 4.67. The molecule has 1 aromatic rings. The third-order valence-electron chi connectivity index (χ3n) is 2.05. The number of hydrogen-bond donors (Lipinski definition) is 0. The molecule has 1 rings (SSSR count). The second-order valence-electron chi connectivity index (χ2n) is 3.56. The fourth-order valence-electron chi connectivity index (χ4n) is 1.27. The molecule has 0 N–H and O–H groups in total. The van der Waals surface area contributed by atoms with Crippen molar-refractivity contribution in [1.29, 1.82) is 0 Å². The van der Waals surface area contributed by atoms with Gasteiger partial charge in [0.15, 0.2) is 0 Å². The van der Waals surface area contributed by atoms with Gasteiger partial charge in [-0.05, 0) is 24.6 Å². The Hall–Kier alpha value is -1.22. The van der Waals surface area contributed by atoms with Gasteiger partial charge in [-0.2, -0.15) is 0 Å². The summed E-state index contributed by atoms with van der Waals surface area (Å²) >= 11 is 5.77. The van der Waals surface area contributed by atoms with Crippen LogP contribution in [0.15, 0.2) is 24.3 Å². The average molecular weight is 227 g/mol. The van der Waals surface area contributed by atoms with Crippen LogP contribution in [0.3, 0.4) is 0 Å². The van der Waals surface area contributed by atoms with Gasteiger partial charge in [0.05, 0.1) is 0 Å². The van der Waals surface area contributed by atoms with Crippen LogP contribution >= 0.6 is 11.6 Å². The summed E-state index contributed by atoms with van der Waals surface area (Å²) in [5.41, 5.74) is 1.93. The van der Waals surface area contributed by atoms with E-state index in [1.165, 1.54) is 9.80 Å². The van der Waals surface area contributed by atoms with E-state index >= 15 is 0 Å². The Morgan fingerprint density at radius 2 is 2.07 bits per heavy atom. The largest absolute Gasteiger partial charge is 0.330 e. The molecule has 0 radical (unpaired) electrons. The molecule has 0 fully saturated rings.